The predicted octanol–water partition coefficient (Wildman–Crippen LogP) is 4.31. The standard InChI is InChI=1S/C23H21N3O2/c1-27-14-15-28-23-19-11-5-6-12-20(19)25-22(26-23)21-13-7-10-18(24-21)16-17-8-3-2-4-9-17/h2-13H,14-16H2,1H3. The summed E-state index contributed by atoms with van der Waals surface area (Å²) in [6, 6.07) is 24.1. The lowest BCUT2D eigenvalue weighted by Gasteiger charge is -2.10. The van der Waals surface area contributed by atoms with Gasteiger partial charge in [-0.05, 0) is 29.8 Å². The van der Waals surface area contributed by atoms with E-state index in [1.54, 1.807) is 7.11 Å². The van der Waals surface area contributed by atoms with Crippen LogP contribution in [0.15, 0.2) is 72.8 Å². The van der Waals surface area contributed by atoms with Crippen molar-refractivity contribution in [1.82, 2.24) is 15.0 Å². The zero-order chi connectivity index (χ0) is 19.2. The Kier molecular flexibility index (Phi) is 5.54. The highest BCUT2D eigenvalue weighted by molar-refractivity contribution is 5.84. The van der Waals surface area contributed by atoms with Gasteiger partial charge in [-0.25, -0.2) is 9.97 Å². The molecule has 0 fully saturated rings. The van der Waals surface area contributed by atoms with Crippen molar-refractivity contribution in [2.75, 3.05) is 20.3 Å². The fourth-order valence-corrected chi connectivity index (χ4v) is 3.00. The molecule has 0 radical (unpaired) electrons. The second-order valence-electron chi connectivity index (χ2n) is 6.39. The fourth-order valence-electron chi connectivity index (χ4n) is 3.00. The van der Waals surface area contributed by atoms with Gasteiger partial charge in [0.15, 0.2) is 5.82 Å². The molecule has 0 unspecified atom stereocenters. The molecular formula is C23H21N3O2. The largest absolute Gasteiger partial charge is 0.475 e. The van der Waals surface area contributed by atoms with E-state index in [1.807, 2.05) is 60.7 Å². The van der Waals surface area contributed by atoms with Crippen LogP contribution in [0.4, 0.5) is 0 Å². The van der Waals surface area contributed by atoms with Gasteiger partial charge >= 0.3 is 0 Å². The zero-order valence-corrected chi connectivity index (χ0v) is 15.7. The van der Waals surface area contributed by atoms with Gasteiger partial charge in [0, 0.05) is 19.2 Å². The summed E-state index contributed by atoms with van der Waals surface area (Å²) >= 11 is 0. The maximum absolute atomic E-state index is 5.84. The van der Waals surface area contributed by atoms with Crippen molar-refractivity contribution in [3.8, 4) is 17.4 Å². The average molecular weight is 371 g/mol. The number of para-hydroxylation sites is 1. The lowest BCUT2D eigenvalue weighted by Crippen LogP contribution is -2.07. The van der Waals surface area contributed by atoms with Crippen LogP contribution in [0.3, 0.4) is 0 Å². The minimum absolute atomic E-state index is 0.429. The zero-order valence-electron chi connectivity index (χ0n) is 15.7. The predicted molar refractivity (Wildman–Crippen MR) is 109 cm³/mol. The lowest BCUT2D eigenvalue weighted by molar-refractivity contribution is 0.144. The number of hydrogen-bond acceptors (Lipinski definition) is 5. The van der Waals surface area contributed by atoms with Crippen molar-refractivity contribution in [2.45, 2.75) is 6.42 Å². The van der Waals surface area contributed by atoms with Crippen molar-refractivity contribution >= 4 is 10.9 Å². The number of nitrogens with zero attached hydrogens (tertiary/aromatic N) is 3. The molecule has 0 saturated carbocycles. The quantitative estimate of drug-likeness (QED) is 0.453. The van der Waals surface area contributed by atoms with Crippen molar-refractivity contribution in [3.63, 3.8) is 0 Å². The van der Waals surface area contributed by atoms with E-state index in [-0.39, 0.29) is 0 Å². The van der Waals surface area contributed by atoms with Gasteiger partial charge in [-0.3, -0.25) is 0 Å². The van der Waals surface area contributed by atoms with E-state index in [1.165, 1.54) is 5.56 Å². The van der Waals surface area contributed by atoms with Gasteiger partial charge < -0.3 is 9.47 Å². The Labute approximate surface area is 164 Å². The van der Waals surface area contributed by atoms with Crippen LogP contribution in [0, 0.1) is 0 Å². The molecule has 0 aliphatic rings. The minimum atomic E-state index is 0.429. The normalized spacial score (nSPS) is 10.9. The number of benzene rings is 2. The van der Waals surface area contributed by atoms with Crippen LogP contribution in [0.1, 0.15) is 11.3 Å². The lowest BCUT2D eigenvalue weighted by atomic mass is 10.1. The summed E-state index contributed by atoms with van der Waals surface area (Å²) < 4.78 is 10.9. The Balaban J connectivity index is 1.69. The molecule has 0 bridgehead atoms. The number of fused-ring (bicyclic) bond motifs is 1. The second-order valence-corrected chi connectivity index (χ2v) is 6.39. The molecule has 0 amide bonds. The molecule has 5 heteroatoms. The molecule has 4 rings (SSSR count). The fraction of sp³-hybridized carbons (Fsp3) is 0.174. The Hall–Kier alpha value is -3.31. The van der Waals surface area contributed by atoms with Crippen LogP contribution >= 0.6 is 0 Å². The summed E-state index contributed by atoms with van der Waals surface area (Å²) in [6.45, 7) is 0.927. The molecule has 0 saturated heterocycles. The molecule has 4 aromatic rings. The first-order valence-corrected chi connectivity index (χ1v) is 9.22. The summed E-state index contributed by atoms with van der Waals surface area (Å²) in [4.78, 5) is 14.1. The van der Waals surface area contributed by atoms with E-state index in [0.717, 1.165) is 28.7 Å². The topological polar surface area (TPSA) is 57.1 Å². The van der Waals surface area contributed by atoms with Crippen molar-refractivity contribution in [1.29, 1.82) is 0 Å². The SMILES string of the molecule is COCCOc1nc(-c2cccc(Cc3ccccc3)n2)nc2ccccc12. The Morgan fingerprint density at radius 2 is 1.57 bits per heavy atom. The molecule has 140 valence electrons. The van der Waals surface area contributed by atoms with Crippen LogP contribution in [0.5, 0.6) is 5.88 Å². The molecule has 0 atom stereocenters. The summed E-state index contributed by atoms with van der Waals surface area (Å²) in [5, 5.41) is 0.878. The summed E-state index contributed by atoms with van der Waals surface area (Å²) in [5.41, 5.74) is 3.75. The molecule has 2 aromatic heterocycles. The van der Waals surface area contributed by atoms with Gasteiger partial charge in [-0.1, -0.05) is 48.5 Å². The van der Waals surface area contributed by atoms with Crippen molar-refractivity contribution in [2.24, 2.45) is 0 Å². The minimum Gasteiger partial charge on any atom is -0.475 e. The number of methoxy groups -OCH3 is 1. The van der Waals surface area contributed by atoms with Crippen LogP contribution in [-0.4, -0.2) is 35.3 Å². The molecular weight excluding hydrogens is 350 g/mol. The maximum atomic E-state index is 5.84. The van der Waals surface area contributed by atoms with Crippen LogP contribution in [0.25, 0.3) is 22.4 Å². The Morgan fingerprint density at radius 1 is 0.750 bits per heavy atom. The van der Waals surface area contributed by atoms with E-state index in [9.17, 15) is 0 Å². The third-order valence-corrected chi connectivity index (χ3v) is 4.36. The van der Waals surface area contributed by atoms with Crippen LogP contribution in [-0.2, 0) is 11.2 Å². The van der Waals surface area contributed by atoms with Gasteiger partial charge in [0.25, 0.3) is 0 Å². The first-order valence-electron chi connectivity index (χ1n) is 9.22. The third kappa shape index (κ3) is 4.15. The number of hydrogen-bond donors (Lipinski definition) is 0. The number of aromatic nitrogens is 3. The molecule has 0 aliphatic heterocycles. The second kappa shape index (κ2) is 8.59. The van der Waals surface area contributed by atoms with Gasteiger partial charge in [0.05, 0.1) is 17.5 Å². The smallest absolute Gasteiger partial charge is 0.225 e. The van der Waals surface area contributed by atoms with Crippen LogP contribution in [0.2, 0.25) is 0 Å². The molecule has 28 heavy (non-hydrogen) atoms. The summed E-state index contributed by atoms with van der Waals surface area (Å²) in [7, 11) is 1.65. The first-order chi connectivity index (χ1) is 13.8. The van der Waals surface area contributed by atoms with E-state index in [2.05, 4.69) is 17.1 Å². The molecule has 2 aromatic carbocycles. The van der Waals surface area contributed by atoms with Gasteiger partial charge in [0.1, 0.15) is 12.3 Å². The van der Waals surface area contributed by atoms with E-state index >= 15 is 0 Å². The Morgan fingerprint density at radius 3 is 2.43 bits per heavy atom. The molecule has 0 spiro atoms. The average Bonchev–Trinajstić information content (AvgIpc) is 2.75. The summed E-state index contributed by atoms with van der Waals surface area (Å²) in [6.07, 6.45) is 0.763. The monoisotopic (exact) mass is 371 g/mol. The van der Waals surface area contributed by atoms with E-state index in [4.69, 9.17) is 19.4 Å². The molecule has 2 heterocycles. The number of rotatable bonds is 7. The van der Waals surface area contributed by atoms with Crippen LogP contribution < -0.4 is 4.74 Å². The van der Waals surface area contributed by atoms with Gasteiger partial charge in [0.2, 0.25) is 5.88 Å². The van der Waals surface area contributed by atoms with Crippen molar-refractivity contribution in [3.05, 3.63) is 84.1 Å². The first kappa shape index (κ1) is 18.1. The summed E-state index contributed by atoms with van der Waals surface area (Å²) in [5.74, 6) is 1.11. The van der Waals surface area contributed by atoms with Gasteiger partial charge in [-0.15, -0.1) is 0 Å². The molecule has 5 nitrogen and oxygen atoms in total. The van der Waals surface area contributed by atoms with Crippen molar-refractivity contribution < 1.29 is 9.47 Å². The highest BCUT2D eigenvalue weighted by atomic mass is 16.5. The van der Waals surface area contributed by atoms with Gasteiger partial charge in [-0.2, -0.15) is 4.98 Å². The highest BCUT2D eigenvalue weighted by Gasteiger charge is 2.12. The third-order valence-electron chi connectivity index (χ3n) is 4.36. The molecule has 0 N–H and O–H groups in total. The highest BCUT2D eigenvalue weighted by Crippen LogP contribution is 2.26. The Bertz CT molecular complexity index is 1070. The number of ether oxygens (including phenoxy) is 2. The molecule has 0 aliphatic carbocycles. The number of pyridine rings is 1. The van der Waals surface area contributed by atoms with E-state index < -0.39 is 0 Å². The van der Waals surface area contributed by atoms with E-state index in [0.29, 0.717) is 24.9 Å². The maximum Gasteiger partial charge on any atom is 0.225 e.